The number of aryl methyl sites for hydroxylation is 1. The van der Waals surface area contributed by atoms with Gasteiger partial charge in [-0.3, -0.25) is 4.79 Å². The summed E-state index contributed by atoms with van der Waals surface area (Å²) in [5.74, 6) is 0.739. The molecule has 5 nitrogen and oxygen atoms in total. The number of aromatic nitrogens is 3. The number of benzene rings is 1. The Balaban J connectivity index is 1.86. The normalized spacial score (nSPS) is 17.6. The van der Waals surface area contributed by atoms with Crippen molar-refractivity contribution >= 4 is 5.97 Å². The molecule has 1 aliphatic heterocycles. The van der Waals surface area contributed by atoms with Crippen LogP contribution in [0.4, 0.5) is 4.39 Å². The molecule has 0 radical (unpaired) electrons. The maximum Gasteiger partial charge on any atom is 0.310 e. The zero-order chi connectivity index (χ0) is 14.1. The molecule has 20 heavy (non-hydrogen) atoms. The van der Waals surface area contributed by atoms with Gasteiger partial charge in [0.15, 0.2) is 5.82 Å². The van der Waals surface area contributed by atoms with Gasteiger partial charge in [0.1, 0.15) is 11.6 Å². The first-order chi connectivity index (χ1) is 9.67. The molecular weight excluding hydrogens is 261 g/mol. The molecule has 0 N–H and O–H groups in total. The Morgan fingerprint density at radius 1 is 1.40 bits per heavy atom. The number of hydrogen-bond donors (Lipinski definition) is 0. The monoisotopic (exact) mass is 275 g/mol. The molecule has 0 saturated heterocycles. The smallest absolute Gasteiger partial charge is 0.310 e. The van der Waals surface area contributed by atoms with E-state index in [9.17, 15) is 9.18 Å². The average Bonchev–Trinajstić information content (AvgIpc) is 2.90. The van der Waals surface area contributed by atoms with Crippen molar-refractivity contribution in [3.8, 4) is 11.4 Å². The molecule has 2 heterocycles. The molecule has 1 aromatic carbocycles. The quantitative estimate of drug-likeness (QED) is 0.784. The van der Waals surface area contributed by atoms with Crippen molar-refractivity contribution in [3.05, 3.63) is 35.9 Å². The third kappa shape index (κ3) is 2.29. The van der Waals surface area contributed by atoms with Crippen LogP contribution in [0.25, 0.3) is 11.4 Å². The summed E-state index contributed by atoms with van der Waals surface area (Å²) in [6.45, 7) is 0.482. The van der Waals surface area contributed by atoms with Crippen LogP contribution in [0.15, 0.2) is 24.3 Å². The highest BCUT2D eigenvalue weighted by molar-refractivity contribution is 5.72. The maximum atomic E-state index is 12.9. The van der Waals surface area contributed by atoms with Crippen LogP contribution in [-0.4, -0.2) is 27.8 Å². The standard InChI is InChI=1S/C14H14FN3O2/c1-20-14(19)10-4-7-12-16-13(17-18(12)8-10)9-2-5-11(15)6-3-9/h2-3,5-6,10H,4,7-8H2,1H3. The highest BCUT2D eigenvalue weighted by Crippen LogP contribution is 2.23. The lowest BCUT2D eigenvalue weighted by Crippen LogP contribution is -2.28. The van der Waals surface area contributed by atoms with Crippen LogP contribution in [0.3, 0.4) is 0 Å². The van der Waals surface area contributed by atoms with Crippen LogP contribution in [0.2, 0.25) is 0 Å². The van der Waals surface area contributed by atoms with Crippen molar-refractivity contribution < 1.29 is 13.9 Å². The number of esters is 1. The van der Waals surface area contributed by atoms with E-state index in [4.69, 9.17) is 4.74 Å². The molecule has 0 aliphatic carbocycles. The van der Waals surface area contributed by atoms with Crippen LogP contribution >= 0.6 is 0 Å². The van der Waals surface area contributed by atoms with Crippen molar-refractivity contribution in [2.24, 2.45) is 5.92 Å². The highest BCUT2D eigenvalue weighted by atomic mass is 19.1. The lowest BCUT2D eigenvalue weighted by atomic mass is 10.0. The minimum absolute atomic E-state index is 0.171. The van der Waals surface area contributed by atoms with Crippen LogP contribution in [0.1, 0.15) is 12.2 Å². The summed E-state index contributed by atoms with van der Waals surface area (Å²) in [7, 11) is 1.39. The molecule has 1 aromatic heterocycles. The first-order valence-electron chi connectivity index (χ1n) is 6.45. The molecule has 0 saturated carbocycles. The number of carbonyl (C=O) groups is 1. The molecule has 6 heteroatoms. The number of fused-ring (bicyclic) bond motifs is 1. The number of methoxy groups -OCH3 is 1. The molecule has 1 aliphatic rings. The van der Waals surface area contributed by atoms with Gasteiger partial charge in [0.2, 0.25) is 0 Å². The van der Waals surface area contributed by atoms with E-state index in [0.29, 0.717) is 25.2 Å². The van der Waals surface area contributed by atoms with Gasteiger partial charge in [0.05, 0.1) is 19.6 Å². The Morgan fingerprint density at radius 2 is 2.15 bits per heavy atom. The fraction of sp³-hybridized carbons (Fsp3) is 0.357. The molecule has 0 fully saturated rings. The van der Waals surface area contributed by atoms with E-state index in [1.165, 1.54) is 19.2 Å². The van der Waals surface area contributed by atoms with E-state index in [0.717, 1.165) is 11.4 Å². The van der Waals surface area contributed by atoms with Gasteiger partial charge in [-0.25, -0.2) is 14.1 Å². The predicted molar refractivity (Wildman–Crippen MR) is 69.2 cm³/mol. The first-order valence-corrected chi connectivity index (χ1v) is 6.45. The minimum Gasteiger partial charge on any atom is -0.469 e. The van der Waals surface area contributed by atoms with E-state index in [1.54, 1.807) is 16.8 Å². The second-order valence-corrected chi connectivity index (χ2v) is 4.80. The van der Waals surface area contributed by atoms with Gasteiger partial charge >= 0.3 is 5.97 Å². The van der Waals surface area contributed by atoms with Crippen molar-refractivity contribution in [1.82, 2.24) is 14.8 Å². The number of hydrogen-bond acceptors (Lipinski definition) is 4. The number of rotatable bonds is 2. The van der Waals surface area contributed by atoms with E-state index in [-0.39, 0.29) is 17.7 Å². The SMILES string of the molecule is COC(=O)C1CCc2nc(-c3ccc(F)cc3)nn2C1. The number of halogens is 1. The fourth-order valence-electron chi connectivity index (χ4n) is 2.39. The summed E-state index contributed by atoms with van der Waals surface area (Å²) < 4.78 is 19.4. The van der Waals surface area contributed by atoms with Gasteiger partial charge in [-0.15, -0.1) is 0 Å². The summed E-state index contributed by atoms with van der Waals surface area (Å²) >= 11 is 0. The molecular formula is C14H14FN3O2. The summed E-state index contributed by atoms with van der Waals surface area (Å²) in [4.78, 5) is 16.0. The Labute approximate surface area is 115 Å². The lowest BCUT2D eigenvalue weighted by Gasteiger charge is -2.19. The molecule has 104 valence electrons. The van der Waals surface area contributed by atoms with Crippen molar-refractivity contribution in [3.63, 3.8) is 0 Å². The van der Waals surface area contributed by atoms with Crippen LogP contribution in [0.5, 0.6) is 0 Å². The van der Waals surface area contributed by atoms with Gasteiger partial charge in [0, 0.05) is 12.0 Å². The Kier molecular flexibility index (Phi) is 3.22. The third-order valence-electron chi connectivity index (χ3n) is 3.50. The van der Waals surface area contributed by atoms with Crippen LogP contribution < -0.4 is 0 Å². The second kappa shape index (κ2) is 5.03. The summed E-state index contributed by atoms with van der Waals surface area (Å²) in [6.07, 6.45) is 1.40. The van der Waals surface area contributed by atoms with E-state index in [1.807, 2.05) is 0 Å². The summed E-state index contributed by atoms with van der Waals surface area (Å²) in [5.41, 5.74) is 0.767. The second-order valence-electron chi connectivity index (χ2n) is 4.80. The van der Waals surface area contributed by atoms with E-state index >= 15 is 0 Å². The van der Waals surface area contributed by atoms with Gasteiger partial charge in [0.25, 0.3) is 0 Å². The summed E-state index contributed by atoms with van der Waals surface area (Å²) in [6, 6.07) is 6.06. The van der Waals surface area contributed by atoms with E-state index in [2.05, 4.69) is 10.1 Å². The topological polar surface area (TPSA) is 57.0 Å². The van der Waals surface area contributed by atoms with Gasteiger partial charge < -0.3 is 4.74 Å². The molecule has 0 amide bonds. The minimum atomic E-state index is -0.288. The maximum absolute atomic E-state index is 12.9. The van der Waals surface area contributed by atoms with Crippen molar-refractivity contribution in [1.29, 1.82) is 0 Å². The summed E-state index contributed by atoms with van der Waals surface area (Å²) in [5, 5.41) is 4.39. The number of nitrogens with zero attached hydrogens (tertiary/aromatic N) is 3. The van der Waals surface area contributed by atoms with Crippen LogP contribution in [0, 0.1) is 11.7 Å². The van der Waals surface area contributed by atoms with Crippen LogP contribution in [-0.2, 0) is 22.5 Å². The molecule has 0 spiro atoms. The number of ether oxygens (including phenoxy) is 1. The molecule has 1 unspecified atom stereocenters. The van der Waals surface area contributed by atoms with Crippen molar-refractivity contribution in [2.45, 2.75) is 19.4 Å². The molecule has 0 bridgehead atoms. The first kappa shape index (κ1) is 12.8. The van der Waals surface area contributed by atoms with E-state index < -0.39 is 0 Å². The highest BCUT2D eigenvalue weighted by Gasteiger charge is 2.27. The van der Waals surface area contributed by atoms with Gasteiger partial charge in [-0.2, -0.15) is 5.10 Å². The average molecular weight is 275 g/mol. The Bertz CT molecular complexity index is 636. The van der Waals surface area contributed by atoms with Gasteiger partial charge in [-0.05, 0) is 30.7 Å². The van der Waals surface area contributed by atoms with Gasteiger partial charge in [-0.1, -0.05) is 0 Å². The molecule has 1 atom stereocenters. The third-order valence-corrected chi connectivity index (χ3v) is 3.50. The molecule has 2 aromatic rings. The van der Waals surface area contributed by atoms with Crippen molar-refractivity contribution in [2.75, 3.05) is 7.11 Å². The largest absolute Gasteiger partial charge is 0.469 e. The lowest BCUT2D eigenvalue weighted by molar-refractivity contribution is -0.146. The predicted octanol–water partition coefficient (Wildman–Crippen LogP) is 1.82. The molecule has 3 rings (SSSR count). The number of carbonyl (C=O) groups excluding carboxylic acids is 1. The zero-order valence-electron chi connectivity index (χ0n) is 11.0. The Morgan fingerprint density at radius 3 is 2.85 bits per heavy atom. The fourth-order valence-corrected chi connectivity index (χ4v) is 2.39. The Hall–Kier alpha value is -2.24. The zero-order valence-corrected chi connectivity index (χ0v) is 11.0.